The van der Waals surface area contributed by atoms with Crippen LogP contribution in [0.1, 0.15) is 30.9 Å². The van der Waals surface area contributed by atoms with Crippen LogP contribution in [0.15, 0.2) is 46.9 Å². The van der Waals surface area contributed by atoms with Crippen molar-refractivity contribution in [3.8, 4) is 0 Å². The maximum absolute atomic E-state index is 12.1. The van der Waals surface area contributed by atoms with Crippen LogP contribution in [0, 0.1) is 0 Å². The number of rotatable bonds is 5. The molecule has 0 saturated heterocycles. The summed E-state index contributed by atoms with van der Waals surface area (Å²) in [5.74, 6) is 0.377. The van der Waals surface area contributed by atoms with E-state index in [4.69, 9.17) is 16.0 Å². The Labute approximate surface area is 144 Å². The zero-order valence-electron chi connectivity index (χ0n) is 13.1. The molecule has 0 spiro atoms. The second-order valence-corrected chi connectivity index (χ2v) is 5.90. The number of aromatic nitrogens is 1. The van der Waals surface area contributed by atoms with Gasteiger partial charge in [0.25, 0.3) is 0 Å². The maximum Gasteiger partial charge on any atom is 0.227 e. The van der Waals surface area contributed by atoms with Gasteiger partial charge in [-0.3, -0.25) is 4.79 Å². The topological polar surface area (TPSA) is 75.4 Å². The van der Waals surface area contributed by atoms with Crippen molar-refractivity contribution >= 4 is 34.3 Å². The molecule has 0 bridgehead atoms. The summed E-state index contributed by atoms with van der Waals surface area (Å²) in [6.07, 6.45) is -0.215. The lowest BCUT2D eigenvalue weighted by Crippen LogP contribution is -2.15. The van der Waals surface area contributed by atoms with Gasteiger partial charge >= 0.3 is 0 Å². The van der Waals surface area contributed by atoms with Gasteiger partial charge < -0.3 is 14.8 Å². The third-order valence-electron chi connectivity index (χ3n) is 3.65. The number of hydrogen-bond acceptors (Lipinski definition) is 4. The van der Waals surface area contributed by atoms with Gasteiger partial charge in [-0.1, -0.05) is 30.7 Å². The second kappa shape index (κ2) is 7.03. The number of halogens is 1. The van der Waals surface area contributed by atoms with Gasteiger partial charge in [0, 0.05) is 17.1 Å². The van der Waals surface area contributed by atoms with Crippen molar-refractivity contribution in [1.29, 1.82) is 0 Å². The van der Waals surface area contributed by atoms with Gasteiger partial charge in [-0.2, -0.15) is 0 Å². The van der Waals surface area contributed by atoms with Crippen molar-refractivity contribution in [3.05, 3.63) is 58.9 Å². The van der Waals surface area contributed by atoms with Crippen LogP contribution in [0.25, 0.3) is 11.1 Å². The molecule has 0 aliphatic carbocycles. The highest BCUT2D eigenvalue weighted by Gasteiger charge is 2.14. The van der Waals surface area contributed by atoms with Gasteiger partial charge in [0.15, 0.2) is 11.5 Å². The third-order valence-corrected chi connectivity index (χ3v) is 3.90. The van der Waals surface area contributed by atoms with E-state index in [9.17, 15) is 9.90 Å². The summed E-state index contributed by atoms with van der Waals surface area (Å²) >= 11 is 5.81. The van der Waals surface area contributed by atoms with E-state index in [1.165, 1.54) is 0 Å². The third kappa shape index (κ3) is 3.75. The predicted molar refractivity (Wildman–Crippen MR) is 93.0 cm³/mol. The number of hydrogen-bond donors (Lipinski definition) is 2. The van der Waals surface area contributed by atoms with Crippen LogP contribution in [-0.2, 0) is 11.2 Å². The van der Waals surface area contributed by atoms with Crippen molar-refractivity contribution < 1.29 is 14.3 Å². The molecule has 3 aromatic rings. The summed E-state index contributed by atoms with van der Waals surface area (Å²) in [6, 6.07) is 12.0. The highest BCUT2D eigenvalue weighted by molar-refractivity contribution is 6.30. The first-order valence-corrected chi connectivity index (χ1v) is 8.06. The molecule has 1 heterocycles. The summed E-state index contributed by atoms with van der Waals surface area (Å²) in [5.41, 5.74) is 2.65. The molecule has 0 aliphatic heterocycles. The van der Waals surface area contributed by atoms with E-state index in [1.54, 1.807) is 42.5 Å². The summed E-state index contributed by atoms with van der Waals surface area (Å²) in [6.45, 7) is 1.96. The van der Waals surface area contributed by atoms with E-state index in [1.807, 2.05) is 6.92 Å². The molecule has 2 aromatic carbocycles. The zero-order chi connectivity index (χ0) is 17.1. The fourth-order valence-electron chi connectivity index (χ4n) is 2.39. The van der Waals surface area contributed by atoms with Gasteiger partial charge in [0.1, 0.15) is 5.52 Å². The van der Waals surface area contributed by atoms with Crippen molar-refractivity contribution in [1.82, 2.24) is 4.98 Å². The van der Waals surface area contributed by atoms with E-state index in [-0.39, 0.29) is 12.3 Å². The van der Waals surface area contributed by atoms with Crippen molar-refractivity contribution in [2.24, 2.45) is 0 Å². The van der Waals surface area contributed by atoms with Crippen LogP contribution in [0.3, 0.4) is 0 Å². The highest BCUT2D eigenvalue weighted by Crippen LogP contribution is 2.22. The smallest absolute Gasteiger partial charge is 0.227 e. The van der Waals surface area contributed by atoms with Gasteiger partial charge in [-0.15, -0.1) is 0 Å². The Morgan fingerprint density at radius 3 is 2.75 bits per heavy atom. The molecule has 1 amide bonds. The number of nitrogens with zero attached hydrogens (tertiary/aromatic N) is 1. The quantitative estimate of drug-likeness (QED) is 0.730. The Kier molecular flexibility index (Phi) is 4.83. The number of nitrogens with one attached hydrogen (secondary N) is 1. The molecule has 5 nitrogen and oxygen atoms in total. The summed E-state index contributed by atoms with van der Waals surface area (Å²) in [5, 5.41) is 13.5. The largest absolute Gasteiger partial charge is 0.441 e. The summed E-state index contributed by atoms with van der Waals surface area (Å²) < 4.78 is 5.53. The number of carbonyl (C=O) groups is 1. The molecule has 1 atom stereocenters. The lowest BCUT2D eigenvalue weighted by atomic mass is 10.1. The zero-order valence-corrected chi connectivity index (χ0v) is 13.9. The SMILES string of the molecule is CCc1nc2cc(NC(=O)CC(O)c3ccc(Cl)cc3)ccc2o1. The van der Waals surface area contributed by atoms with Crippen molar-refractivity contribution in [2.75, 3.05) is 5.32 Å². The number of carbonyl (C=O) groups excluding carboxylic acids is 1. The average Bonchev–Trinajstić information content (AvgIpc) is 2.97. The van der Waals surface area contributed by atoms with Crippen LogP contribution in [0.4, 0.5) is 5.69 Å². The normalized spacial score (nSPS) is 12.3. The minimum Gasteiger partial charge on any atom is -0.441 e. The maximum atomic E-state index is 12.1. The first kappa shape index (κ1) is 16.5. The van der Waals surface area contributed by atoms with E-state index in [0.29, 0.717) is 39.7 Å². The molecule has 3 rings (SSSR count). The highest BCUT2D eigenvalue weighted by atomic mass is 35.5. The summed E-state index contributed by atoms with van der Waals surface area (Å²) in [4.78, 5) is 16.5. The predicted octanol–water partition coefficient (Wildman–Crippen LogP) is 4.11. The number of amides is 1. The van der Waals surface area contributed by atoms with E-state index in [2.05, 4.69) is 10.3 Å². The van der Waals surface area contributed by atoms with Crippen LogP contribution in [0.5, 0.6) is 0 Å². The lowest BCUT2D eigenvalue weighted by Gasteiger charge is -2.11. The van der Waals surface area contributed by atoms with Crippen molar-refractivity contribution in [2.45, 2.75) is 25.9 Å². The van der Waals surface area contributed by atoms with Crippen LogP contribution in [-0.4, -0.2) is 16.0 Å². The van der Waals surface area contributed by atoms with E-state index >= 15 is 0 Å². The number of fused-ring (bicyclic) bond motifs is 1. The first-order valence-electron chi connectivity index (χ1n) is 7.68. The number of anilines is 1. The molecule has 124 valence electrons. The molecule has 1 aromatic heterocycles. The number of aliphatic hydroxyl groups is 1. The van der Waals surface area contributed by atoms with Crippen LogP contribution >= 0.6 is 11.6 Å². The molecule has 0 fully saturated rings. The van der Waals surface area contributed by atoms with Crippen LogP contribution in [0.2, 0.25) is 5.02 Å². The molecule has 24 heavy (non-hydrogen) atoms. The van der Waals surface area contributed by atoms with Crippen molar-refractivity contribution in [3.63, 3.8) is 0 Å². The molecule has 6 heteroatoms. The molecule has 1 unspecified atom stereocenters. The molecular formula is C18H17ClN2O3. The first-order chi connectivity index (χ1) is 11.5. The molecule has 2 N–H and O–H groups in total. The molecular weight excluding hydrogens is 328 g/mol. The Morgan fingerprint density at radius 2 is 2.04 bits per heavy atom. The van der Waals surface area contributed by atoms with E-state index in [0.717, 1.165) is 0 Å². The van der Waals surface area contributed by atoms with Gasteiger partial charge in [-0.25, -0.2) is 4.98 Å². The van der Waals surface area contributed by atoms with Gasteiger partial charge in [0.05, 0.1) is 12.5 Å². The summed E-state index contributed by atoms with van der Waals surface area (Å²) in [7, 11) is 0. The molecule has 0 saturated carbocycles. The molecule has 0 radical (unpaired) electrons. The Bertz CT molecular complexity index is 858. The number of aryl methyl sites for hydroxylation is 1. The minimum atomic E-state index is -0.884. The Balaban J connectivity index is 1.66. The Morgan fingerprint density at radius 1 is 1.29 bits per heavy atom. The number of aliphatic hydroxyl groups excluding tert-OH is 1. The minimum absolute atomic E-state index is 0.0430. The van der Waals surface area contributed by atoms with Crippen LogP contribution < -0.4 is 5.32 Å². The fraction of sp³-hybridized carbons (Fsp3) is 0.222. The number of benzene rings is 2. The monoisotopic (exact) mass is 344 g/mol. The fourth-order valence-corrected chi connectivity index (χ4v) is 2.52. The Hall–Kier alpha value is -2.37. The lowest BCUT2D eigenvalue weighted by molar-refractivity contribution is -0.118. The number of oxazole rings is 1. The second-order valence-electron chi connectivity index (χ2n) is 5.46. The van der Waals surface area contributed by atoms with Gasteiger partial charge in [0.2, 0.25) is 5.91 Å². The standard InChI is InChI=1S/C18H17ClN2O3/c1-2-18-21-14-9-13(7-8-16(14)24-18)20-17(23)10-15(22)11-3-5-12(19)6-4-11/h3-9,15,22H,2,10H2,1H3,(H,20,23). The average molecular weight is 345 g/mol. The van der Waals surface area contributed by atoms with Gasteiger partial charge in [-0.05, 0) is 35.9 Å². The molecule has 0 aliphatic rings. The van der Waals surface area contributed by atoms with E-state index < -0.39 is 6.10 Å².